The summed E-state index contributed by atoms with van der Waals surface area (Å²) in [7, 11) is -6.63. The summed E-state index contributed by atoms with van der Waals surface area (Å²) in [5.41, 5.74) is -1.14. The van der Waals surface area contributed by atoms with Gasteiger partial charge >= 0.3 is 23.1 Å². The first-order valence-electron chi connectivity index (χ1n) is 10.5. The van der Waals surface area contributed by atoms with Crippen molar-refractivity contribution in [2.24, 2.45) is 23.7 Å². The molecule has 0 amide bonds. The van der Waals surface area contributed by atoms with Gasteiger partial charge in [0.15, 0.2) is 10.1 Å². The van der Waals surface area contributed by atoms with Crippen molar-refractivity contribution >= 4 is 22.1 Å². The minimum absolute atomic E-state index is 0.187. The van der Waals surface area contributed by atoms with E-state index in [1.54, 1.807) is 13.8 Å². The highest BCUT2D eigenvalue weighted by molar-refractivity contribution is 7.86. The van der Waals surface area contributed by atoms with Gasteiger partial charge in [-0.25, -0.2) is 13.2 Å². The van der Waals surface area contributed by atoms with Gasteiger partial charge in [0, 0.05) is 11.8 Å². The summed E-state index contributed by atoms with van der Waals surface area (Å²) < 4.78 is 99.5. The molecule has 1 aliphatic heterocycles. The van der Waals surface area contributed by atoms with Crippen LogP contribution in [0, 0.1) is 23.7 Å². The summed E-state index contributed by atoms with van der Waals surface area (Å²) in [5.74, 6) is -8.28. The molecule has 3 rings (SSSR count). The quantitative estimate of drug-likeness (QED) is 0.251. The van der Waals surface area contributed by atoms with Crippen LogP contribution >= 0.6 is 0 Å². The number of hydrogen-bond acceptors (Lipinski definition) is 9. The first-order valence-corrected chi connectivity index (χ1v) is 11.9. The lowest BCUT2D eigenvalue weighted by Crippen LogP contribution is -2.50. The molecule has 2 bridgehead atoms. The molecule has 14 heteroatoms. The standard InChI is InChI=1S/C19H26F4O9S/c1-3-17(26,4-2)13-10-7-9-12(13)16(25)32-15(9)14(10)31-8-11(24)30-6-5-18(20,21)19(22,23)33(27,28)29/h9-10,12-15,26H,3-8H2,1-2H3,(H,27,28,29)/p-1. The van der Waals surface area contributed by atoms with Crippen LogP contribution in [-0.4, -0.2) is 72.2 Å². The molecule has 33 heavy (non-hydrogen) atoms. The van der Waals surface area contributed by atoms with Gasteiger partial charge in [0.1, 0.15) is 12.7 Å². The first kappa shape index (κ1) is 26.1. The molecule has 6 atom stereocenters. The van der Waals surface area contributed by atoms with Gasteiger partial charge in [-0.05, 0) is 25.2 Å². The molecule has 6 unspecified atom stereocenters. The van der Waals surface area contributed by atoms with Crippen molar-refractivity contribution in [3.8, 4) is 0 Å². The molecule has 190 valence electrons. The van der Waals surface area contributed by atoms with E-state index in [2.05, 4.69) is 4.74 Å². The normalized spacial score (nSPS) is 31.7. The average Bonchev–Trinajstić information content (AvgIpc) is 3.33. The third-order valence-electron chi connectivity index (χ3n) is 7.20. The maximum Gasteiger partial charge on any atom is 0.396 e. The molecule has 1 saturated heterocycles. The van der Waals surface area contributed by atoms with Crippen LogP contribution in [0.4, 0.5) is 17.6 Å². The van der Waals surface area contributed by atoms with Crippen molar-refractivity contribution < 1.29 is 59.4 Å². The fourth-order valence-corrected chi connectivity index (χ4v) is 5.96. The number of rotatable bonds is 11. The van der Waals surface area contributed by atoms with Gasteiger partial charge in [0.05, 0.1) is 30.7 Å². The lowest BCUT2D eigenvalue weighted by atomic mass is 9.67. The molecule has 1 N–H and O–H groups in total. The summed E-state index contributed by atoms with van der Waals surface area (Å²) in [4.78, 5) is 24.3. The number of hydrogen-bond donors (Lipinski definition) is 1. The highest BCUT2D eigenvalue weighted by Crippen LogP contribution is 2.62. The van der Waals surface area contributed by atoms with E-state index in [0.29, 0.717) is 19.3 Å². The maximum atomic E-state index is 13.4. The average molecular weight is 505 g/mol. The van der Waals surface area contributed by atoms with E-state index < -0.39 is 82.5 Å². The van der Waals surface area contributed by atoms with Gasteiger partial charge in [-0.1, -0.05) is 13.8 Å². The van der Waals surface area contributed by atoms with Crippen molar-refractivity contribution in [2.75, 3.05) is 13.2 Å². The Hall–Kier alpha value is -1.51. The first-order chi connectivity index (χ1) is 15.1. The molecule has 2 aliphatic carbocycles. The van der Waals surface area contributed by atoms with Crippen LogP contribution < -0.4 is 0 Å². The molecular weight excluding hydrogens is 480 g/mol. The van der Waals surface area contributed by atoms with E-state index in [1.807, 2.05) is 0 Å². The summed E-state index contributed by atoms with van der Waals surface area (Å²) in [6.07, 6.45) is -1.95. The Morgan fingerprint density at radius 1 is 1.21 bits per heavy atom. The number of carbonyl (C=O) groups excluding carboxylic acids is 2. The number of esters is 2. The predicted molar refractivity (Wildman–Crippen MR) is 98.9 cm³/mol. The summed E-state index contributed by atoms with van der Waals surface area (Å²) in [6.45, 7) is 1.53. The van der Waals surface area contributed by atoms with Gasteiger partial charge in [-0.2, -0.15) is 17.6 Å². The van der Waals surface area contributed by atoms with Crippen LogP contribution in [0.3, 0.4) is 0 Å². The maximum absolute atomic E-state index is 13.4. The van der Waals surface area contributed by atoms with Crippen LogP contribution in [0.25, 0.3) is 0 Å². The Kier molecular flexibility index (Phi) is 6.81. The monoisotopic (exact) mass is 505 g/mol. The SMILES string of the molecule is CCC(O)(CC)C1C2CC3C(OC(=O)C31)C2OCC(=O)OCCC(F)(F)C(F)(F)S(=O)(=O)[O-]. The smallest absolute Gasteiger partial charge is 0.396 e. The molecule has 0 aromatic heterocycles. The Morgan fingerprint density at radius 3 is 2.36 bits per heavy atom. The molecule has 3 fully saturated rings. The van der Waals surface area contributed by atoms with Gasteiger partial charge < -0.3 is 23.9 Å². The number of aliphatic hydroxyl groups is 1. The molecule has 0 radical (unpaired) electrons. The van der Waals surface area contributed by atoms with Crippen molar-refractivity contribution in [3.05, 3.63) is 0 Å². The van der Waals surface area contributed by atoms with Crippen molar-refractivity contribution in [1.82, 2.24) is 0 Å². The molecule has 0 aromatic carbocycles. The minimum Gasteiger partial charge on any atom is -0.743 e. The number of carbonyl (C=O) groups is 2. The van der Waals surface area contributed by atoms with Crippen molar-refractivity contribution in [2.45, 2.75) is 68.5 Å². The third-order valence-corrected chi connectivity index (χ3v) is 8.13. The molecular formula is C19H25F4O9S-. The molecule has 3 aliphatic rings. The van der Waals surface area contributed by atoms with Gasteiger partial charge in [0.25, 0.3) is 0 Å². The molecule has 9 nitrogen and oxygen atoms in total. The minimum atomic E-state index is -6.63. The number of halogens is 4. The summed E-state index contributed by atoms with van der Waals surface area (Å²) >= 11 is 0. The zero-order valence-corrected chi connectivity index (χ0v) is 18.7. The van der Waals surface area contributed by atoms with Gasteiger partial charge in [0.2, 0.25) is 0 Å². The van der Waals surface area contributed by atoms with E-state index in [-0.39, 0.29) is 11.8 Å². The van der Waals surface area contributed by atoms with Crippen LogP contribution in [-0.2, 0) is 33.9 Å². The second kappa shape index (κ2) is 8.61. The zero-order chi connectivity index (χ0) is 25.0. The van der Waals surface area contributed by atoms with E-state index in [1.165, 1.54) is 0 Å². The Labute approximate surface area is 187 Å². The third kappa shape index (κ3) is 4.23. The van der Waals surface area contributed by atoms with E-state index >= 15 is 0 Å². The highest BCUT2D eigenvalue weighted by atomic mass is 32.2. The summed E-state index contributed by atoms with van der Waals surface area (Å²) in [6, 6.07) is 0. The second-order valence-electron chi connectivity index (χ2n) is 8.75. The lowest BCUT2D eigenvalue weighted by molar-refractivity contribution is -0.178. The number of fused-ring (bicyclic) bond motifs is 1. The molecule has 0 aromatic rings. The Morgan fingerprint density at radius 2 is 1.82 bits per heavy atom. The van der Waals surface area contributed by atoms with E-state index in [9.17, 15) is 45.2 Å². The zero-order valence-electron chi connectivity index (χ0n) is 17.8. The van der Waals surface area contributed by atoms with Crippen LogP contribution in [0.15, 0.2) is 0 Å². The molecule has 2 saturated carbocycles. The topological polar surface area (TPSA) is 139 Å². The number of ether oxygens (including phenoxy) is 3. The highest BCUT2D eigenvalue weighted by Gasteiger charge is 2.70. The van der Waals surface area contributed by atoms with E-state index in [4.69, 9.17) is 9.47 Å². The van der Waals surface area contributed by atoms with Crippen molar-refractivity contribution in [3.63, 3.8) is 0 Å². The molecule has 0 spiro atoms. The Bertz CT molecular complexity index is 890. The fraction of sp³-hybridized carbons (Fsp3) is 0.895. The van der Waals surface area contributed by atoms with Crippen LogP contribution in [0.5, 0.6) is 0 Å². The van der Waals surface area contributed by atoms with Gasteiger partial charge in [-0.15, -0.1) is 0 Å². The lowest BCUT2D eigenvalue weighted by Gasteiger charge is -2.41. The Balaban J connectivity index is 1.57. The van der Waals surface area contributed by atoms with Crippen LogP contribution in [0.2, 0.25) is 0 Å². The largest absolute Gasteiger partial charge is 0.743 e. The van der Waals surface area contributed by atoms with Gasteiger partial charge in [-0.3, -0.25) is 4.79 Å². The number of alkyl halides is 4. The van der Waals surface area contributed by atoms with Crippen molar-refractivity contribution in [1.29, 1.82) is 0 Å². The van der Waals surface area contributed by atoms with E-state index in [0.717, 1.165) is 0 Å². The molecule has 1 heterocycles. The predicted octanol–water partition coefficient (Wildman–Crippen LogP) is 1.44. The fourth-order valence-electron chi connectivity index (χ4n) is 5.49. The second-order valence-corrected chi connectivity index (χ2v) is 10.2. The summed E-state index contributed by atoms with van der Waals surface area (Å²) in [5, 5.41) is 5.18. The van der Waals surface area contributed by atoms with Crippen LogP contribution in [0.1, 0.15) is 39.5 Å².